The van der Waals surface area contributed by atoms with Crippen LogP contribution in [0.3, 0.4) is 0 Å². The van der Waals surface area contributed by atoms with Crippen molar-refractivity contribution < 1.29 is 18.0 Å². The minimum atomic E-state index is -4.21. The van der Waals surface area contributed by atoms with E-state index in [9.17, 15) is 18.0 Å². The third kappa shape index (κ3) is 7.45. The normalized spacial score (nSPS) is 12.0. The van der Waals surface area contributed by atoms with Gasteiger partial charge in [0.2, 0.25) is 11.8 Å². The standard InChI is InChI=1S/C28H30Cl3N3O4S/c1-3-17-32-28(36)25(4-2)33(18-21-22(29)14-10-15-23(21)30)27(35)19-34(26-16-9-8-13-24(26)31)39(37,38)20-11-6-5-7-12-20/h5-16,25H,3-4,17-19H2,1-2H3,(H,32,36)/t25-/m0/s1. The molecular weight excluding hydrogens is 581 g/mol. The van der Waals surface area contributed by atoms with Crippen LogP contribution < -0.4 is 9.62 Å². The zero-order valence-electron chi connectivity index (χ0n) is 21.6. The molecule has 0 heterocycles. The molecule has 0 fully saturated rings. The number of rotatable bonds is 12. The highest BCUT2D eigenvalue weighted by Crippen LogP contribution is 2.31. The van der Waals surface area contributed by atoms with Gasteiger partial charge in [-0.15, -0.1) is 0 Å². The van der Waals surface area contributed by atoms with Gasteiger partial charge in [0, 0.05) is 28.7 Å². The van der Waals surface area contributed by atoms with Crippen molar-refractivity contribution in [3.8, 4) is 0 Å². The van der Waals surface area contributed by atoms with Gasteiger partial charge in [0.05, 0.1) is 15.6 Å². The van der Waals surface area contributed by atoms with Crippen LogP contribution in [0.5, 0.6) is 0 Å². The van der Waals surface area contributed by atoms with Crippen molar-refractivity contribution in [3.63, 3.8) is 0 Å². The summed E-state index contributed by atoms with van der Waals surface area (Å²) in [6.07, 6.45) is 0.989. The van der Waals surface area contributed by atoms with Crippen molar-refractivity contribution in [3.05, 3.63) is 93.4 Å². The summed E-state index contributed by atoms with van der Waals surface area (Å²) in [5, 5.41) is 3.63. The minimum Gasteiger partial charge on any atom is -0.354 e. The second-order valence-corrected chi connectivity index (χ2v) is 11.8. The summed E-state index contributed by atoms with van der Waals surface area (Å²) in [5.74, 6) is -0.977. The molecule has 11 heteroatoms. The Morgan fingerprint density at radius 3 is 2.03 bits per heavy atom. The van der Waals surface area contributed by atoms with Gasteiger partial charge in [0.1, 0.15) is 12.6 Å². The molecule has 0 aliphatic rings. The monoisotopic (exact) mass is 609 g/mol. The first-order chi connectivity index (χ1) is 18.6. The van der Waals surface area contributed by atoms with Crippen LogP contribution in [0.2, 0.25) is 15.1 Å². The zero-order valence-corrected chi connectivity index (χ0v) is 24.7. The number of halogens is 3. The summed E-state index contributed by atoms with van der Waals surface area (Å²) in [5.41, 5.74) is 0.585. The predicted octanol–water partition coefficient (Wildman–Crippen LogP) is 6.18. The Balaban J connectivity index is 2.09. The van der Waals surface area contributed by atoms with Crippen molar-refractivity contribution >= 4 is 62.3 Å². The molecule has 0 spiro atoms. The summed E-state index contributed by atoms with van der Waals surface area (Å²) in [4.78, 5) is 28.5. The Bertz CT molecular complexity index is 1380. The number of para-hydroxylation sites is 1. The first kappa shape index (κ1) is 30.8. The SMILES string of the molecule is CCCNC(=O)[C@H](CC)N(Cc1c(Cl)cccc1Cl)C(=O)CN(c1ccccc1Cl)S(=O)(=O)c1ccccc1. The molecule has 3 aromatic rings. The highest BCUT2D eigenvalue weighted by atomic mass is 35.5. The van der Waals surface area contributed by atoms with Crippen LogP contribution in [0.4, 0.5) is 5.69 Å². The van der Waals surface area contributed by atoms with E-state index >= 15 is 0 Å². The summed E-state index contributed by atoms with van der Waals surface area (Å²) in [6.45, 7) is 3.41. The highest BCUT2D eigenvalue weighted by molar-refractivity contribution is 7.92. The van der Waals surface area contributed by atoms with Crippen LogP contribution in [-0.2, 0) is 26.2 Å². The molecule has 7 nitrogen and oxygen atoms in total. The molecule has 0 aliphatic heterocycles. The maximum atomic E-state index is 14.0. The number of sulfonamides is 1. The molecule has 0 bridgehead atoms. The van der Waals surface area contributed by atoms with Gasteiger partial charge in [-0.25, -0.2) is 8.42 Å². The minimum absolute atomic E-state index is 0.00820. The van der Waals surface area contributed by atoms with Gasteiger partial charge >= 0.3 is 0 Å². The average molecular weight is 611 g/mol. The fourth-order valence-electron chi connectivity index (χ4n) is 4.03. The second-order valence-electron chi connectivity index (χ2n) is 8.71. The molecule has 1 N–H and O–H groups in total. The Morgan fingerprint density at radius 2 is 1.44 bits per heavy atom. The number of carbonyl (C=O) groups is 2. The molecule has 208 valence electrons. The van der Waals surface area contributed by atoms with Gasteiger partial charge < -0.3 is 10.2 Å². The Morgan fingerprint density at radius 1 is 0.846 bits per heavy atom. The first-order valence-electron chi connectivity index (χ1n) is 12.4. The van der Waals surface area contributed by atoms with E-state index in [1.165, 1.54) is 23.1 Å². The van der Waals surface area contributed by atoms with Gasteiger partial charge in [-0.05, 0) is 49.2 Å². The highest BCUT2D eigenvalue weighted by Gasteiger charge is 2.34. The molecule has 0 unspecified atom stereocenters. The molecule has 0 aliphatic carbocycles. The third-order valence-electron chi connectivity index (χ3n) is 6.06. The van der Waals surface area contributed by atoms with Crippen LogP contribution >= 0.6 is 34.8 Å². The summed E-state index contributed by atoms with van der Waals surface area (Å²) >= 11 is 19.2. The second kappa shape index (κ2) is 14.0. The van der Waals surface area contributed by atoms with Crippen molar-refractivity contribution in [1.82, 2.24) is 10.2 Å². The van der Waals surface area contributed by atoms with Gasteiger partial charge in [-0.1, -0.05) is 85.0 Å². The van der Waals surface area contributed by atoms with Gasteiger partial charge in [0.15, 0.2) is 0 Å². The van der Waals surface area contributed by atoms with E-state index in [4.69, 9.17) is 34.8 Å². The molecule has 0 aromatic heterocycles. The largest absolute Gasteiger partial charge is 0.354 e. The van der Waals surface area contributed by atoms with Crippen LogP contribution in [0.15, 0.2) is 77.7 Å². The van der Waals surface area contributed by atoms with E-state index in [1.807, 2.05) is 6.92 Å². The lowest BCUT2D eigenvalue weighted by Crippen LogP contribution is -2.52. The molecule has 3 rings (SSSR count). The first-order valence-corrected chi connectivity index (χ1v) is 15.0. The maximum Gasteiger partial charge on any atom is 0.264 e. The number of carbonyl (C=O) groups excluding carboxylic acids is 2. The number of hydrogen-bond donors (Lipinski definition) is 1. The number of amides is 2. The van der Waals surface area contributed by atoms with E-state index in [-0.39, 0.29) is 34.5 Å². The predicted molar refractivity (Wildman–Crippen MR) is 157 cm³/mol. The number of benzene rings is 3. The molecule has 1 atom stereocenters. The molecule has 0 radical (unpaired) electrons. The number of anilines is 1. The van der Waals surface area contributed by atoms with Crippen molar-refractivity contribution in [2.75, 3.05) is 17.4 Å². The third-order valence-corrected chi connectivity index (χ3v) is 8.86. The smallest absolute Gasteiger partial charge is 0.264 e. The van der Waals surface area contributed by atoms with Gasteiger partial charge in [-0.2, -0.15) is 0 Å². The molecule has 3 aromatic carbocycles. The quantitative estimate of drug-likeness (QED) is 0.266. The van der Waals surface area contributed by atoms with Gasteiger partial charge in [0.25, 0.3) is 10.0 Å². The van der Waals surface area contributed by atoms with Crippen molar-refractivity contribution in [1.29, 1.82) is 0 Å². The van der Waals surface area contributed by atoms with Gasteiger partial charge in [-0.3, -0.25) is 13.9 Å². The summed E-state index contributed by atoms with van der Waals surface area (Å²) in [7, 11) is -4.21. The van der Waals surface area contributed by atoms with Crippen LogP contribution in [-0.4, -0.2) is 44.3 Å². The molecule has 0 saturated heterocycles. The number of hydrogen-bond acceptors (Lipinski definition) is 4. The van der Waals surface area contributed by atoms with E-state index in [0.717, 1.165) is 4.31 Å². The average Bonchev–Trinajstić information content (AvgIpc) is 2.92. The molecular formula is C28H30Cl3N3O4S. The number of nitrogens with zero attached hydrogens (tertiary/aromatic N) is 2. The molecule has 39 heavy (non-hydrogen) atoms. The van der Waals surface area contributed by atoms with E-state index in [0.29, 0.717) is 28.6 Å². The number of nitrogens with one attached hydrogen (secondary N) is 1. The Hall–Kier alpha value is -2.78. The Kier molecular flexibility index (Phi) is 11.1. The lowest BCUT2D eigenvalue weighted by molar-refractivity contribution is -0.140. The fraction of sp³-hybridized carbons (Fsp3) is 0.286. The van der Waals surface area contributed by atoms with E-state index in [2.05, 4.69) is 5.32 Å². The maximum absolute atomic E-state index is 14.0. The van der Waals surface area contributed by atoms with Crippen molar-refractivity contribution in [2.45, 2.75) is 44.2 Å². The lowest BCUT2D eigenvalue weighted by Gasteiger charge is -2.33. The molecule has 2 amide bonds. The zero-order chi connectivity index (χ0) is 28.6. The Labute approximate surface area is 244 Å². The van der Waals surface area contributed by atoms with Crippen molar-refractivity contribution in [2.24, 2.45) is 0 Å². The van der Waals surface area contributed by atoms with Crippen LogP contribution in [0, 0.1) is 0 Å². The summed E-state index contributed by atoms with van der Waals surface area (Å²) in [6, 6.07) is 18.2. The lowest BCUT2D eigenvalue weighted by atomic mass is 10.1. The van der Waals surface area contributed by atoms with Crippen LogP contribution in [0.25, 0.3) is 0 Å². The van der Waals surface area contributed by atoms with E-state index in [1.54, 1.807) is 61.5 Å². The van der Waals surface area contributed by atoms with E-state index < -0.39 is 28.5 Å². The fourth-order valence-corrected chi connectivity index (χ4v) is 6.29. The topological polar surface area (TPSA) is 86.8 Å². The van der Waals surface area contributed by atoms with Crippen LogP contribution in [0.1, 0.15) is 32.3 Å². The molecule has 0 saturated carbocycles. The summed E-state index contributed by atoms with van der Waals surface area (Å²) < 4.78 is 28.6.